The van der Waals surface area contributed by atoms with E-state index in [4.69, 9.17) is 0 Å². The molecule has 0 aliphatic heterocycles. The van der Waals surface area contributed by atoms with Crippen molar-refractivity contribution in [1.29, 1.82) is 0 Å². The molecule has 2 unspecified atom stereocenters. The zero-order valence-corrected chi connectivity index (χ0v) is 37.1. The lowest BCUT2D eigenvalue weighted by molar-refractivity contribution is 0.695. The highest BCUT2D eigenvalue weighted by Crippen LogP contribution is 2.50. The van der Waals surface area contributed by atoms with Gasteiger partial charge in [0.05, 0.1) is 5.69 Å². The van der Waals surface area contributed by atoms with Crippen LogP contribution in [0.2, 0.25) is 0 Å². The van der Waals surface area contributed by atoms with E-state index in [9.17, 15) is 0 Å². The van der Waals surface area contributed by atoms with Crippen molar-refractivity contribution in [2.24, 2.45) is 5.92 Å². The SMILES string of the molecule is C1=CC2c3ccccc3C=CC2C=C1c1ccc(N(c2ccc3sc4cc(-c5ccccc5)ccc4c3c2)c2ccc(-c3ccccc3)c3sc4cc(-c5ccccc5)ccc4c23)cc1. The van der Waals surface area contributed by atoms with Crippen LogP contribution in [-0.2, 0) is 0 Å². The summed E-state index contributed by atoms with van der Waals surface area (Å²) in [6.07, 6.45) is 11.9. The van der Waals surface area contributed by atoms with E-state index in [2.05, 4.69) is 242 Å². The Morgan fingerprint density at radius 1 is 0.400 bits per heavy atom. The van der Waals surface area contributed by atoms with E-state index in [1.807, 2.05) is 22.7 Å². The van der Waals surface area contributed by atoms with Crippen LogP contribution in [-0.4, -0.2) is 0 Å². The smallest absolute Gasteiger partial charge is 0.0555 e. The predicted octanol–water partition coefficient (Wildman–Crippen LogP) is 18.3. The lowest BCUT2D eigenvalue weighted by atomic mass is 9.75. The van der Waals surface area contributed by atoms with E-state index >= 15 is 0 Å². The molecule has 0 amide bonds. The first-order valence-corrected chi connectivity index (χ1v) is 24.0. The highest BCUT2D eigenvalue weighted by molar-refractivity contribution is 7.26. The minimum absolute atomic E-state index is 0.336. The van der Waals surface area contributed by atoms with Crippen LogP contribution in [0.4, 0.5) is 17.1 Å². The van der Waals surface area contributed by atoms with Crippen LogP contribution in [0.1, 0.15) is 22.6 Å². The molecule has 2 aliphatic rings. The topological polar surface area (TPSA) is 3.24 Å². The molecule has 0 fully saturated rings. The molecule has 306 valence electrons. The maximum atomic E-state index is 2.50. The van der Waals surface area contributed by atoms with Gasteiger partial charge in [-0.3, -0.25) is 0 Å². The maximum Gasteiger partial charge on any atom is 0.0555 e. The second-order valence-electron chi connectivity index (χ2n) is 17.2. The van der Waals surface area contributed by atoms with Crippen LogP contribution in [0.3, 0.4) is 0 Å². The lowest BCUT2D eigenvalue weighted by Gasteiger charge is -2.29. The van der Waals surface area contributed by atoms with Gasteiger partial charge in [-0.15, -0.1) is 22.7 Å². The summed E-state index contributed by atoms with van der Waals surface area (Å²) in [6.45, 7) is 0. The summed E-state index contributed by atoms with van der Waals surface area (Å²) >= 11 is 3.77. The van der Waals surface area contributed by atoms with E-state index in [1.165, 1.54) is 102 Å². The van der Waals surface area contributed by atoms with Gasteiger partial charge in [0, 0.05) is 63.6 Å². The van der Waals surface area contributed by atoms with Gasteiger partial charge >= 0.3 is 0 Å². The van der Waals surface area contributed by atoms with Gasteiger partial charge in [-0.05, 0) is 104 Å². The van der Waals surface area contributed by atoms with Gasteiger partial charge < -0.3 is 4.90 Å². The van der Waals surface area contributed by atoms with E-state index < -0.39 is 0 Å². The number of thiophene rings is 2. The molecule has 65 heavy (non-hydrogen) atoms. The average molecular weight is 864 g/mol. The van der Waals surface area contributed by atoms with Crippen LogP contribution in [0.5, 0.6) is 0 Å². The van der Waals surface area contributed by atoms with Crippen LogP contribution in [0.25, 0.3) is 85.4 Å². The number of anilines is 3. The molecule has 0 saturated heterocycles. The summed E-state index contributed by atoms with van der Waals surface area (Å²) in [6, 6.07) is 76.2. The Balaban J connectivity index is 0.987. The van der Waals surface area contributed by atoms with Crippen LogP contribution in [0.15, 0.2) is 231 Å². The van der Waals surface area contributed by atoms with Gasteiger partial charge in [-0.25, -0.2) is 0 Å². The number of hydrogen-bond donors (Lipinski definition) is 0. The van der Waals surface area contributed by atoms with E-state index in [0.717, 1.165) is 11.4 Å². The highest BCUT2D eigenvalue weighted by atomic mass is 32.1. The van der Waals surface area contributed by atoms with Crippen LogP contribution < -0.4 is 4.90 Å². The summed E-state index contributed by atoms with van der Waals surface area (Å²) in [5, 5.41) is 5.10. The molecule has 1 nitrogen and oxygen atoms in total. The van der Waals surface area contributed by atoms with Crippen molar-refractivity contribution >= 4 is 91.7 Å². The molecule has 0 saturated carbocycles. The fourth-order valence-corrected chi connectivity index (χ4v) is 12.6. The molecule has 0 N–H and O–H groups in total. The van der Waals surface area contributed by atoms with Gasteiger partial charge in [0.1, 0.15) is 0 Å². The van der Waals surface area contributed by atoms with Gasteiger partial charge in [0.15, 0.2) is 0 Å². The van der Waals surface area contributed by atoms with Crippen LogP contribution in [0, 0.1) is 5.92 Å². The minimum Gasteiger partial charge on any atom is -0.310 e. The monoisotopic (exact) mass is 863 g/mol. The van der Waals surface area contributed by atoms with Crippen molar-refractivity contribution < 1.29 is 0 Å². The molecule has 2 atom stereocenters. The summed E-state index contributed by atoms with van der Waals surface area (Å²) in [4.78, 5) is 2.50. The third-order valence-corrected chi connectivity index (χ3v) is 15.8. The molecular weight excluding hydrogens is 823 g/mol. The van der Waals surface area contributed by atoms with Gasteiger partial charge in [0.2, 0.25) is 0 Å². The Morgan fingerprint density at radius 2 is 1.03 bits per heavy atom. The Hall–Kier alpha value is -7.56. The van der Waals surface area contributed by atoms with E-state index in [1.54, 1.807) is 0 Å². The molecule has 9 aromatic carbocycles. The first-order chi connectivity index (χ1) is 32.2. The summed E-state index contributed by atoms with van der Waals surface area (Å²) in [5.74, 6) is 0.705. The fraction of sp³-hybridized carbons (Fsp3) is 0.0323. The maximum absolute atomic E-state index is 2.50. The number of nitrogens with zero attached hydrogens (tertiary/aromatic N) is 1. The first kappa shape index (κ1) is 37.9. The standard InChI is InChI=1S/C62H41NS2/c1-4-12-40(13-5-1)46-25-31-54-56-39-50(29-35-58(56)64-59(54)37-46)63(49-27-22-42(23-28-49)45-24-30-52-48(36-45)21-20-44-18-10-11-19-51(44)52)57-34-33-53(43-16-8-3-9-17-43)62-61(57)55-32-26-47(38-60(55)65-62)41-14-6-2-7-15-41/h1-39,48,52H. The number of benzene rings is 9. The van der Waals surface area contributed by atoms with E-state index in [0.29, 0.717) is 11.8 Å². The molecule has 0 spiro atoms. The van der Waals surface area contributed by atoms with Gasteiger partial charge in [-0.1, -0.05) is 188 Å². The van der Waals surface area contributed by atoms with Crippen molar-refractivity contribution in [1.82, 2.24) is 0 Å². The summed E-state index contributed by atoms with van der Waals surface area (Å²) in [7, 11) is 0. The molecule has 0 bridgehead atoms. The van der Waals surface area contributed by atoms with Crippen molar-refractivity contribution in [2.45, 2.75) is 5.92 Å². The summed E-state index contributed by atoms with van der Waals surface area (Å²) < 4.78 is 5.16. The molecule has 2 aliphatic carbocycles. The number of rotatable bonds is 7. The zero-order chi connectivity index (χ0) is 42.8. The van der Waals surface area contributed by atoms with Gasteiger partial charge in [-0.2, -0.15) is 0 Å². The molecule has 0 radical (unpaired) electrons. The van der Waals surface area contributed by atoms with Crippen LogP contribution >= 0.6 is 22.7 Å². The van der Waals surface area contributed by atoms with Crippen molar-refractivity contribution in [3.05, 3.63) is 247 Å². The molecule has 11 aromatic rings. The Morgan fingerprint density at radius 3 is 1.77 bits per heavy atom. The fourth-order valence-electron chi connectivity index (χ4n) is 10.2. The first-order valence-electron chi connectivity index (χ1n) is 22.4. The van der Waals surface area contributed by atoms with E-state index in [-0.39, 0.29) is 0 Å². The third kappa shape index (κ3) is 6.58. The molecule has 2 aromatic heterocycles. The second kappa shape index (κ2) is 15.6. The number of hydrogen-bond acceptors (Lipinski definition) is 3. The summed E-state index contributed by atoms with van der Waals surface area (Å²) in [5.41, 5.74) is 16.1. The molecule has 13 rings (SSSR count). The lowest BCUT2D eigenvalue weighted by Crippen LogP contribution is -2.14. The van der Waals surface area contributed by atoms with Crippen molar-refractivity contribution in [3.63, 3.8) is 0 Å². The predicted molar refractivity (Wildman–Crippen MR) is 282 cm³/mol. The Labute approximate surface area is 386 Å². The normalized spacial score (nSPS) is 15.4. The zero-order valence-electron chi connectivity index (χ0n) is 35.4. The van der Waals surface area contributed by atoms with Crippen molar-refractivity contribution in [2.75, 3.05) is 4.90 Å². The highest BCUT2D eigenvalue weighted by Gasteiger charge is 2.26. The third-order valence-electron chi connectivity index (χ3n) is 13.4. The Bertz CT molecular complexity index is 3700. The number of allylic oxidation sites excluding steroid dienone is 5. The molecule has 3 heteroatoms. The Kier molecular flexibility index (Phi) is 9.11. The quantitative estimate of drug-likeness (QED) is 0.154. The minimum atomic E-state index is 0.336. The van der Waals surface area contributed by atoms with Gasteiger partial charge in [0.25, 0.3) is 0 Å². The molecular formula is C62H41NS2. The largest absolute Gasteiger partial charge is 0.310 e. The average Bonchev–Trinajstić information content (AvgIpc) is 3.95. The molecule has 2 heterocycles. The number of fused-ring (bicyclic) bond motifs is 9. The van der Waals surface area contributed by atoms with Crippen molar-refractivity contribution in [3.8, 4) is 33.4 Å². The second-order valence-corrected chi connectivity index (χ2v) is 19.3.